The predicted molar refractivity (Wildman–Crippen MR) is 204 cm³/mol. The number of hydrogen-bond donors (Lipinski definition) is 2. The first kappa shape index (κ1) is 38.2. The Hall–Kier alpha value is -5.05. The molecule has 1 saturated heterocycles. The number of carboxylic acids is 1. The molecule has 274 valence electrons. The number of rotatable bonds is 15. The molecule has 52 heavy (non-hydrogen) atoms. The average Bonchev–Trinajstić information content (AvgIpc) is 3.64. The first-order chi connectivity index (χ1) is 24.9. The van der Waals surface area contributed by atoms with Crippen LogP contribution < -0.4 is 10.1 Å². The van der Waals surface area contributed by atoms with E-state index in [1.165, 1.54) is 25.7 Å². The zero-order valence-electron chi connectivity index (χ0n) is 31.2. The molecular formula is C43H52N4O5. The SMILES string of the molecule is CCCCCCCOc1ccc(-c2cnc(-c3ccc(C[C@H](NC(=O)c4ccc(C(C)(C)C)cc4C)C(=O)N4CC[C@H](C(=O)O)C4)cc3)nc2)cc1. The maximum Gasteiger partial charge on any atom is 0.308 e. The summed E-state index contributed by atoms with van der Waals surface area (Å²) in [6.07, 6.45) is 10.3. The number of likely N-dealkylation sites (tertiary alicyclic amines) is 1. The lowest BCUT2D eigenvalue weighted by Gasteiger charge is -2.25. The van der Waals surface area contributed by atoms with E-state index in [0.29, 0.717) is 24.4 Å². The highest BCUT2D eigenvalue weighted by Gasteiger charge is 2.35. The number of hydrogen-bond acceptors (Lipinski definition) is 6. The van der Waals surface area contributed by atoms with Gasteiger partial charge in [0.2, 0.25) is 5.91 Å². The van der Waals surface area contributed by atoms with Crippen LogP contribution in [0.25, 0.3) is 22.5 Å². The number of unbranched alkanes of at least 4 members (excludes halogenated alkanes) is 4. The molecule has 1 aromatic heterocycles. The van der Waals surface area contributed by atoms with Crippen molar-refractivity contribution in [3.05, 3.63) is 101 Å². The monoisotopic (exact) mass is 704 g/mol. The number of carbonyl (C=O) groups excluding carboxylic acids is 2. The Balaban J connectivity index is 1.25. The summed E-state index contributed by atoms with van der Waals surface area (Å²) >= 11 is 0. The van der Waals surface area contributed by atoms with Crippen LogP contribution in [0.15, 0.2) is 79.1 Å². The fourth-order valence-electron chi connectivity index (χ4n) is 6.49. The molecule has 1 aliphatic heterocycles. The van der Waals surface area contributed by atoms with E-state index in [2.05, 4.69) is 43.0 Å². The quantitative estimate of drug-likeness (QED) is 0.120. The van der Waals surface area contributed by atoms with E-state index in [4.69, 9.17) is 4.74 Å². The summed E-state index contributed by atoms with van der Waals surface area (Å²) in [6.45, 7) is 11.7. The number of aliphatic carboxylic acids is 1. The molecule has 0 unspecified atom stereocenters. The minimum Gasteiger partial charge on any atom is -0.494 e. The topological polar surface area (TPSA) is 122 Å². The normalized spacial score (nSPS) is 14.9. The summed E-state index contributed by atoms with van der Waals surface area (Å²) < 4.78 is 5.90. The van der Waals surface area contributed by atoms with Gasteiger partial charge in [-0.15, -0.1) is 0 Å². The molecule has 0 saturated carbocycles. The lowest BCUT2D eigenvalue weighted by atomic mass is 9.85. The van der Waals surface area contributed by atoms with Crippen LogP contribution in [-0.2, 0) is 21.4 Å². The molecular weight excluding hydrogens is 652 g/mol. The molecule has 2 atom stereocenters. The Kier molecular flexibility index (Phi) is 12.8. The molecule has 1 aliphatic rings. The predicted octanol–water partition coefficient (Wildman–Crippen LogP) is 8.04. The molecule has 9 nitrogen and oxygen atoms in total. The fraction of sp³-hybridized carbons (Fsp3) is 0.419. The van der Waals surface area contributed by atoms with Gasteiger partial charge in [0.25, 0.3) is 5.91 Å². The first-order valence-corrected chi connectivity index (χ1v) is 18.5. The molecule has 9 heteroatoms. The van der Waals surface area contributed by atoms with Crippen molar-refractivity contribution in [1.82, 2.24) is 20.2 Å². The summed E-state index contributed by atoms with van der Waals surface area (Å²) in [5.74, 6) is -0.717. The fourth-order valence-corrected chi connectivity index (χ4v) is 6.49. The van der Waals surface area contributed by atoms with E-state index in [0.717, 1.165) is 52.2 Å². The smallest absolute Gasteiger partial charge is 0.308 e. The number of carbonyl (C=O) groups is 3. The summed E-state index contributed by atoms with van der Waals surface area (Å²) in [7, 11) is 0. The second-order valence-corrected chi connectivity index (χ2v) is 14.9. The lowest BCUT2D eigenvalue weighted by molar-refractivity contribution is -0.141. The molecule has 0 bridgehead atoms. The second-order valence-electron chi connectivity index (χ2n) is 14.9. The van der Waals surface area contributed by atoms with Crippen LogP contribution in [0.5, 0.6) is 5.75 Å². The van der Waals surface area contributed by atoms with Gasteiger partial charge in [0, 0.05) is 48.6 Å². The number of nitrogens with one attached hydrogen (secondary N) is 1. The van der Waals surface area contributed by atoms with Crippen LogP contribution in [0.2, 0.25) is 0 Å². The molecule has 5 rings (SSSR count). The number of ether oxygens (including phenoxy) is 1. The average molecular weight is 705 g/mol. The van der Waals surface area contributed by atoms with Crippen molar-refractivity contribution in [3.63, 3.8) is 0 Å². The third-order valence-electron chi connectivity index (χ3n) is 9.80. The number of carboxylic acid groups (broad SMARTS) is 1. The van der Waals surface area contributed by atoms with Gasteiger partial charge in [-0.25, -0.2) is 9.97 Å². The van der Waals surface area contributed by atoms with Gasteiger partial charge < -0.3 is 20.1 Å². The van der Waals surface area contributed by atoms with Crippen LogP contribution in [0.3, 0.4) is 0 Å². The standard InChI is InChI=1S/C43H52N4O5/c1-6-7-8-9-10-23-52-36-18-15-31(16-19-36)34-26-44-39(45-27-34)32-13-11-30(12-14-32)25-38(41(49)47-22-21-33(28-47)42(50)51)46-40(48)37-20-17-35(24-29(37)2)43(3,4)5/h11-20,24,26-27,33,38H,6-10,21-23,25,28H2,1-5H3,(H,46,48)(H,50,51)/t33-,38-/m0/s1. The Labute approximate surface area is 307 Å². The Morgan fingerprint density at radius 1 is 0.904 bits per heavy atom. The largest absolute Gasteiger partial charge is 0.494 e. The van der Waals surface area contributed by atoms with Crippen molar-refractivity contribution in [3.8, 4) is 28.3 Å². The first-order valence-electron chi connectivity index (χ1n) is 18.5. The van der Waals surface area contributed by atoms with Gasteiger partial charge >= 0.3 is 5.97 Å². The van der Waals surface area contributed by atoms with Crippen molar-refractivity contribution >= 4 is 17.8 Å². The Morgan fingerprint density at radius 3 is 2.19 bits per heavy atom. The van der Waals surface area contributed by atoms with Crippen molar-refractivity contribution < 1.29 is 24.2 Å². The highest BCUT2D eigenvalue weighted by molar-refractivity contribution is 5.99. The van der Waals surface area contributed by atoms with Crippen LogP contribution in [0, 0.1) is 12.8 Å². The molecule has 1 fully saturated rings. The Morgan fingerprint density at radius 2 is 1.58 bits per heavy atom. The maximum absolute atomic E-state index is 13.8. The second kappa shape index (κ2) is 17.4. The van der Waals surface area contributed by atoms with Crippen LogP contribution in [0.1, 0.15) is 93.3 Å². The molecule has 2 N–H and O–H groups in total. The van der Waals surface area contributed by atoms with Gasteiger partial charge in [-0.2, -0.15) is 0 Å². The number of benzene rings is 3. The van der Waals surface area contributed by atoms with E-state index in [1.54, 1.807) is 17.3 Å². The summed E-state index contributed by atoms with van der Waals surface area (Å²) in [4.78, 5) is 49.8. The van der Waals surface area contributed by atoms with E-state index >= 15 is 0 Å². The molecule has 0 radical (unpaired) electrons. The van der Waals surface area contributed by atoms with Gasteiger partial charge in [-0.05, 0) is 65.6 Å². The summed E-state index contributed by atoms with van der Waals surface area (Å²) in [5, 5.41) is 12.5. The number of aryl methyl sites for hydroxylation is 1. The third-order valence-corrected chi connectivity index (χ3v) is 9.80. The van der Waals surface area contributed by atoms with Gasteiger partial charge in [0.15, 0.2) is 5.82 Å². The number of aromatic nitrogens is 2. The summed E-state index contributed by atoms with van der Waals surface area (Å²) in [6, 6.07) is 20.5. The lowest BCUT2D eigenvalue weighted by Crippen LogP contribution is -2.49. The molecule has 2 amide bonds. The van der Waals surface area contributed by atoms with Crippen LogP contribution >= 0.6 is 0 Å². The van der Waals surface area contributed by atoms with E-state index < -0.39 is 17.9 Å². The van der Waals surface area contributed by atoms with E-state index in [1.807, 2.05) is 73.7 Å². The third kappa shape index (κ3) is 10.0. The zero-order valence-corrected chi connectivity index (χ0v) is 31.2. The van der Waals surface area contributed by atoms with Gasteiger partial charge in [0.1, 0.15) is 11.8 Å². The highest BCUT2D eigenvalue weighted by Crippen LogP contribution is 2.26. The minimum atomic E-state index is -0.914. The van der Waals surface area contributed by atoms with Crippen molar-refractivity contribution in [2.75, 3.05) is 19.7 Å². The number of nitrogens with zero attached hydrogens (tertiary/aromatic N) is 3. The van der Waals surface area contributed by atoms with Gasteiger partial charge in [-0.3, -0.25) is 14.4 Å². The Bertz CT molecular complexity index is 1810. The van der Waals surface area contributed by atoms with Crippen molar-refractivity contribution in [1.29, 1.82) is 0 Å². The molecule has 3 aromatic carbocycles. The van der Waals surface area contributed by atoms with E-state index in [9.17, 15) is 19.5 Å². The van der Waals surface area contributed by atoms with Crippen LogP contribution in [0.4, 0.5) is 0 Å². The number of amides is 2. The molecule has 0 spiro atoms. The highest BCUT2D eigenvalue weighted by atomic mass is 16.5. The zero-order chi connectivity index (χ0) is 37.3. The van der Waals surface area contributed by atoms with E-state index in [-0.39, 0.29) is 30.2 Å². The minimum absolute atomic E-state index is 0.0668. The molecule has 4 aromatic rings. The van der Waals surface area contributed by atoms with Crippen molar-refractivity contribution in [2.45, 2.75) is 91.0 Å². The van der Waals surface area contributed by atoms with Crippen molar-refractivity contribution in [2.24, 2.45) is 5.92 Å². The summed E-state index contributed by atoms with van der Waals surface area (Å²) in [5.41, 5.74) is 5.95. The van der Waals surface area contributed by atoms with Gasteiger partial charge in [-0.1, -0.05) is 102 Å². The molecule has 0 aliphatic carbocycles. The molecule has 2 heterocycles. The van der Waals surface area contributed by atoms with Gasteiger partial charge in [0.05, 0.1) is 12.5 Å². The maximum atomic E-state index is 13.8. The van der Waals surface area contributed by atoms with Crippen LogP contribution in [-0.4, -0.2) is 63.5 Å².